The molecular formula is C16H13FN4O3S. The van der Waals surface area contributed by atoms with Gasteiger partial charge in [-0.2, -0.15) is 9.29 Å². The van der Waals surface area contributed by atoms with Gasteiger partial charge in [-0.25, -0.2) is 12.8 Å². The van der Waals surface area contributed by atoms with Gasteiger partial charge >= 0.3 is 0 Å². The number of pyridine rings is 1. The van der Waals surface area contributed by atoms with Crippen molar-refractivity contribution in [2.24, 2.45) is 0 Å². The van der Waals surface area contributed by atoms with Crippen molar-refractivity contribution in [2.45, 2.75) is 10.8 Å². The fraction of sp³-hybridized carbons (Fsp3) is 0.188. The van der Waals surface area contributed by atoms with Crippen molar-refractivity contribution in [1.82, 2.24) is 19.4 Å². The van der Waals surface area contributed by atoms with Gasteiger partial charge < -0.3 is 4.52 Å². The zero-order chi connectivity index (χ0) is 17.4. The molecule has 0 saturated carbocycles. The Morgan fingerprint density at radius 1 is 1.08 bits per heavy atom. The average molecular weight is 360 g/mol. The van der Waals surface area contributed by atoms with E-state index in [9.17, 15) is 12.8 Å². The van der Waals surface area contributed by atoms with Crippen molar-refractivity contribution in [3.05, 3.63) is 60.5 Å². The molecule has 0 radical (unpaired) electrons. The molecule has 1 aromatic carbocycles. The Kier molecular flexibility index (Phi) is 3.81. The molecule has 128 valence electrons. The highest BCUT2D eigenvalue weighted by atomic mass is 32.2. The number of sulfonamides is 1. The van der Waals surface area contributed by atoms with Crippen LogP contribution in [0.4, 0.5) is 4.39 Å². The molecule has 1 fully saturated rings. The monoisotopic (exact) mass is 360 g/mol. The Balaban J connectivity index is 1.47. The van der Waals surface area contributed by atoms with E-state index >= 15 is 0 Å². The number of aromatic nitrogens is 3. The van der Waals surface area contributed by atoms with Crippen molar-refractivity contribution in [2.75, 3.05) is 13.1 Å². The van der Waals surface area contributed by atoms with Crippen molar-refractivity contribution in [3.8, 4) is 11.4 Å². The van der Waals surface area contributed by atoms with Gasteiger partial charge in [-0.05, 0) is 36.4 Å². The van der Waals surface area contributed by atoms with Crippen LogP contribution in [0.25, 0.3) is 11.4 Å². The summed E-state index contributed by atoms with van der Waals surface area (Å²) < 4.78 is 44.4. The molecule has 0 spiro atoms. The minimum Gasteiger partial charge on any atom is -0.339 e. The molecule has 3 heterocycles. The third kappa shape index (κ3) is 2.92. The summed E-state index contributed by atoms with van der Waals surface area (Å²) in [6.45, 7) is 0.495. The summed E-state index contributed by atoms with van der Waals surface area (Å²) in [4.78, 5) is 8.32. The summed E-state index contributed by atoms with van der Waals surface area (Å²) in [6.07, 6.45) is 3.26. The minimum absolute atomic E-state index is 0.0651. The second-order valence-electron chi connectivity index (χ2n) is 5.66. The Labute approximate surface area is 143 Å². The van der Waals surface area contributed by atoms with Crippen molar-refractivity contribution >= 4 is 10.0 Å². The molecule has 4 rings (SSSR count). The first-order valence-corrected chi connectivity index (χ1v) is 8.98. The lowest BCUT2D eigenvalue weighted by Crippen LogP contribution is -2.48. The molecule has 1 aliphatic heterocycles. The van der Waals surface area contributed by atoms with Crippen LogP contribution in [0.3, 0.4) is 0 Å². The number of halogens is 1. The molecule has 0 N–H and O–H groups in total. The molecule has 7 nitrogen and oxygen atoms in total. The molecule has 0 amide bonds. The lowest BCUT2D eigenvalue weighted by atomic mass is 10.0. The van der Waals surface area contributed by atoms with Crippen LogP contribution in [0.1, 0.15) is 11.8 Å². The molecule has 1 saturated heterocycles. The van der Waals surface area contributed by atoms with Crippen molar-refractivity contribution in [1.29, 1.82) is 0 Å². The van der Waals surface area contributed by atoms with E-state index in [1.54, 1.807) is 24.5 Å². The van der Waals surface area contributed by atoms with E-state index in [2.05, 4.69) is 15.1 Å². The van der Waals surface area contributed by atoms with Gasteiger partial charge in [0.05, 0.1) is 10.8 Å². The Hall–Kier alpha value is -2.65. The predicted octanol–water partition coefficient (Wildman–Crippen LogP) is 2.06. The number of hydrogen-bond donors (Lipinski definition) is 0. The highest BCUT2D eigenvalue weighted by Gasteiger charge is 2.40. The lowest BCUT2D eigenvalue weighted by molar-refractivity contribution is 0.217. The lowest BCUT2D eigenvalue weighted by Gasteiger charge is -2.35. The van der Waals surface area contributed by atoms with Crippen LogP contribution in [0, 0.1) is 5.82 Å². The highest BCUT2D eigenvalue weighted by molar-refractivity contribution is 7.89. The van der Waals surface area contributed by atoms with E-state index in [0.717, 1.165) is 17.7 Å². The summed E-state index contributed by atoms with van der Waals surface area (Å²) >= 11 is 0. The van der Waals surface area contributed by atoms with Gasteiger partial charge in [-0.15, -0.1) is 0 Å². The molecule has 9 heteroatoms. The summed E-state index contributed by atoms with van der Waals surface area (Å²) in [5, 5.41) is 3.92. The quantitative estimate of drug-likeness (QED) is 0.707. The summed E-state index contributed by atoms with van der Waals surface area (Å²) in [6, 6.07) is 8.30. The first kappa shape index (κ1) is 15.9. The number of nitrogens with zero attached hydrogens (tertiary/aromatic N) is 4. The highest BCUT2D eigenvalue weighted by Crippen LogP contribution is 2.32. The summed E-state index contributed by atoms with van der Waals surface area (Å²) in [5.41, 5.74) is 0.778. The Bertz CT molecular complexity index is 984. The number of rotatable bonds is 4. The first-order chi connectivity index (χ1) is 12.0. The summed E-state index contributed by atoms with van der Waals surface area (Å²) in [7, 11) is -3.64. The van der Waals surface area contributed by atoms with Gasteiger partial charge in [0, 0.05) is 31.0 Å². The van der Waals surface area contributed by atoms with Gasteiger partial charge in [0.15, 0.2) is 0 Å². The SMILES string of the molecule is O=S(=O)(c1ccc(F)cc1)N1CC(c2nc(-c3ccncc3)no2)C1. The predicted molar refractivity (Wildman–Crippen MR) is 85.4 cm³/mol. The maximum absolute atomic E-state index is 13.0. The van der Waals surface area contributed by atoms with Crippen LogP contribution in [-0.4, -0.2) is 40.9 Å². The van der Waals surface area contributed by atoms with E-state index < -0.39 is 15.8 Å². The van der Waals surface area contributed by atoms with E-state index in [1.165, 1.54) is 16.4 Å². The molecule has 1 aliphatic rings. The van der Waals surface area contributed by atoms with Crippen molar-refractivity contribution in [3.63, 3.8) is 0 Å². The molecule has 3 aromatic rings. The van der Waals surface area contributed by atoms with Crippen LogP contribution in [0.15, 0.2) is 58.2 Å². The third-order valence-electron chi connectivity index (χ3n) is 4.03. The van der Waals surface area contributed by atoms with Crippen molar-refractivity contribution < 1.29 is 17.3 Å². The van der Waals surface area contributed by atoms with Crippen LogP contribution >= 0.6 is 0 Å². The van der Waals surface area contributed by atoms with Crippen LogP contribution in [-0.2, 0) is 10.0 Å². The van der Waals surface area contributed by atoms with Gasteiger partial charge in [0.25, 0.3) is 0 Å². The van der Waals surface area contributed by atoms with Crippen LogP contribution < -0.4 is 0 Å². The van der Waals surface area contributed by atoms with Gasteiger partial charge in [-0.1, -0.05) is 5.16 Å². The maximum Gasteiger partial charge on any atom is 0.243 e. The molecule has 0 aliphatic carbocycles. The van der Waals surface area contributed by atoms with Gasteiger partial charge in [-0.3, -0.25) is 4.98 Å². The zero-order valence-corrected chi connectivity index (χ0v) is 13.7. The molecule has 0 bridgehead atoms. The second-order valence-corrected chi connectivity index (χ2v) is 7.60. The van der Waals surface area contributed by atoms with E-state index in [1.807, 2.05) is 0 Å². The average Bonchev–Trinajstić information content (AvgIpc) is 3.04. The fourth-order valence-electron chi connectivity index (χ4n) is 2.57. The molecular weight excluding hydrogens is 347 g/mol. The molecule has 0 unspecified atom stereocenters. The summed E-state index contributed by atoms with van der Waals surface area (Å²) in [5.74, 6) is 0.211. The second kappa shape index (κ2) is 6.01. The Morgan fingerprint density at radius 2 is 1.76 bits per heavy atom. The topological polar surface area (TPSA) is 89.2 Å². The first-order valence-electron chi connectivity index (χ1n) is 7.54. The molecule has 2 aromatic heterocycles. The van der Waals surface area contributed by atoms with Crippen LogP contribution in [0.5, 0.6) is 0 Å². The normalized spacial score (nSPS) is 15.9. The number of benzene rings is 1. The largest absolute Gasteiger partial charge is 0.339 e. The van der Waals surface area contributed by atoms with E-state index in [4.69, 9.17) is 4.52 Å². The zero-order valence-electron chi connectivity index (χ0n) is 12.9. The standard InChI is InChI=1S/C16H13FN4O3S/c17-13-1-3-14(4-2-13)25(22,23)21-9-12(10-21)16-19-15(20-24-16)11-5-7-18-8-6-11/h1-8,12H,9-10H2. The van der Waals surface area contributed by atoms with E-state index in [0.29, 0.717) is 11.7 Å². The molecule has 0 atom stereocenters. The smallest absolute Gasteiger partial charge is 0.243 e. The fourth-order valence-corrected chi connectivity index (χ4v) is 4.10. The minimum atomic E-state index is -3.64. The van der Waals surface area contributed by atoms with Gasteiger partial charge in [0.1, 0.15) is 5.82 Å². The van der Waals surface area contributed by atoms with Crippen LogP contribution in [0.2, 0.25) is 0 Å². The van der Waals surface area contributed by atoms with Gasteiger partial charge in [0.2, 0.25) is 21.7 Å². The Morgan fingerprint density at radius 3 is 2.44 bits per heavy atom. The molecule has 25 heavy (non-hydrogen) atoms. The van der Waals surface area contributed by atoms with E-state index in [-0.39, 0.29) is 23.9 Å². The number of hydrogen-bond acceptors (Lipinski definition) is 6. The third-order valence-corrected chi connectivity index (χ3v) is 5.87. The maximum atomic E-state index is 13.0.